The second-order valence-corrected chi connectivity index (χ2v) is 9.77. The highest BCUT2D eigenvalue weighted by molar-refractivity contribution is 8.24. The lowest BCUT2D eigenvalue weighted by atomic mass is 10.1. The molecule has 0 fully saturated rings. The van der Waals surface area contributed by atoms with Crippen LogP contribution in [-0.4, -0.2) is 35.1 Å². The summed E-state index contributed by atoms with van der Waals surface area (Å²) in [6.45, 7) is 9.04. The minimum atomic E-state index is -0.0370. The van der Waals surface area contributed by atoms with Gasteiger partial charge < -0.3 is 16.0 Å². The van der Waals surface area contributed by atoms with Gasteiger partial charge in [0.2, 0.25) is 0 Å². The molecule has 1 aliphatic rings. The Kier molecular flexibility index (Phi) is 14.4. The third-order valence-corrected chi connectivity index (χ3v) is 6.71. The van der Waals surface area contributed by atoms with E-state index in [2.05, 4.69) is 25.1 Å². The van der Waals surface area contributed by atoms with Gasteiger partial charge in [-0.05, 0) is 66.8 Å². The van der Waals surface area contributed by atoms with Crippen molar-refractivity contribution in [1.82, 2.24) is 4.90 Å². The first-order valence-corrected chi connectivity index (χ1v) is 13.5. The van der Waals surface area contributed by atoms with Crippen molar-refractivity contribution in [3.8, 4) is 10.4 Å². The number of amides is 1. The predicted molar refractivity (Wildman–Crippen MR) is 155 cm³/mol. The third kappa shape index (κ3) is 10.5. The molecular weight excluding hydrogens is 472 g/mol. The van der Waals surface area contributed by atoms with Crippen LogP contribution in [0.4, 0.5) is 0 Å². The molecule has 4 rings (SSSR count). The van der Waals surface area contributed by atoms with E-state index >= 15 is 0 Å². The van der Waals surface area contributed by atoms with Crippen molar-refractivity contribution in [2.75, 3.05) is 13.6 Å². The van der Waals surface area contributed by atoms with E-state index in [1.165, 1.54) is 28.8 Å². The van der Waals surface area contributed by atoms with Crippen molar-refractivity contribution >= 4 is 39.7 Å². The van der Waals surface area contributed by atoms with Crippen molar-refractivity contribution in [3.05, 3.63) is 82.7 Å². The zero-order valence-electron chi connectivity index (χ0n) is 21.4. The number of rotatable bonds is 4. The smallest absolute Gasteiger partial charge is 0.253 e. The van der Waals surface area contributed by atoms with E-state index in [0.717, 1.165) is 35.3 Å². The van der Waals surface area contributed by atoms with E-state index in [9.17, 15) is 4.79 Å². The Hall–Kier alpha value is -2.90. The molecule has 1 amide bonds. The van der Waals surface area contributed by atoms with Crippen LogP contribution in [0.1, 0.15) is 48.5 Å². The zero-order chi connectivity index (χ0) is 26.2. The van der Waals surface area contributed by atoms with Crippen LogP contribution >= 0.6 is 23.1 Å². The molecular formula is C28H38N4OS2. The van der Waals surface area contributed by atoms with Gasteiger partial charge in [-0.2, -0.15) is 0 Å². The molecule has 188 valence electrons. The Morgan fingerprint density at radius 1 is 1.11 bits per heavy atom. The summed E-state index contributed by atoms with van der Waals surface area (Å²) in [5.41, 5.74) is 9.32. The summed E-state index contributed by atoms with van der Waals surface area (Å²) in [5, 5.41) is 12.8. The van der Waals surface area contributed by atoms with Gasteiger partial charge in [-0.3, -0.25) is 10.2 Å². The number of fused-ring (bicyclic) bond motifs is 1. The van der Waals surface area contributed by atoms with Crippen LogP contribution < -0.4 is 5.73 Å². The number of benzene rings is 2. The van der Waals surface area contributed by atoms with E-state index in [1.807, 2.05) is 87.7 Å². The second kappa shape index (κ2) is 16.7. The summed E-state index contributed by atoms with van der Waals surface area (Å²) in [4.78, 5) is 16.7. The van der Waals surface area contributed by atoms with Crippen molar-refractivity contribution in [1.29, 1.82) is 10.8 Å². The Balaban J connectivity index is 0.000000359. The Morgan fingerprint density at radius 3 is 2.06 bits per heavy atom. The molecule has 1 aromatic heterocycles. The normalized spacial score (nSPS) is 12.9. The number of nitrogens with one attached hydrogen (secondary N) is 2. The molecule has 0 saturated carbocycles. The summed E-state index contributed by atoms with van der Waals surface area (Å²) in [6, 6.07) is 22.4. The summed E-state index contributed by atoms with van der Waals surface area (Å²) in [5.74, 6) is 0.886. The van der Waals surface area contributed by atoms with Gasteiger partial charge in [0, 0.05) is 28.9 Å². The molecule has 4 N–H and O–H groups in total. The monoisotopic (exact) mass is 510 g/mol. The average molecular weight is 511 g/mol. The summed E-state index contributed by atoms with van der Waals surface area (Å²) in [6.07, 6.45) is 2.43. The lowest BCUT2D eigenvalue weighted by molar-refractivity contribution is 0.0802. The fourth-order valence-corrected chi connectivity index (χ4v) is 4.80. The van der Waals surface area contributed by atoms with E-state index < -0.39 is 0 Å². The molecule has 1 aliphatic carbocycles. The zero-order valence-corrected chi connectivity index (χ0v) is 23.0. The van der Waals surface area contributed by atoms with Gasteiger partial charge in [-0.15, -0.1) is 11.3 Å². The number of carbonyl (C=O) groups excluding carboxylic acids is 1. The van der Waals surface area contributed by atoms with Crippen LogP contribution in [0.3, 0.4) is 0 Å². The summed E-state index contributed by atoms with van der Waals surface area (Å²) in [7, 11) is 1.83. The van der Waals surface area contributed by atoms with Crippen molar-refractivity contribution in [2.24, 2.45) is 11.7 Å². The van der Waals surface area contributed by atoms with Crippen molar-refractivity contribution in [2.45, 2.75) is 40.5 Å². The highest BCUT2D eigenvalue weighted by atomic mass is 32.2. The van der Waals surface area contributed by atoms with Crippen LogP contribution in [0.25, 0.3) is 10.4 Å². The number of thioether (sulfide) groups is 1. The maximum Gasteiger partial charge on any atom is 0.253 e. The molecule has 3 aromatic rings. The lowest BCUT2D eigenvalue weighted by Crippen LogP contribution is -2.26. The first-order chi connectivity index (χ1) is 16.8. The number of nitrogens with two attached hydrogens (primary N) is 1. The van der Waals surface area contributed by atoms with Gasteiger partial charge in [0.1, 0.15) is 0 Å². The number of carbonyl (C=O) groups is 1. The van der Waals surface area contributed by atoms with Crippen LogP contribution in [0, 0.1) is 16.7 Å². The van der Waals surface area contributed by atoms with Gasteiger partial charge in [0.25, 0.3) is 5.91 Å². The van der Waals surface area contributed by atoms with Gasteiger partial charge >= 0.3 is 0 Å². The number of thiophene rings is 1. The third-order valence-electron chi connectivity index (χ3n) is 5.09. The van der Waals surface area contributed by atoms with Crippen LogP contribution in [-0.2, 0) is 12.8 Å². The topological polar surface area (TPSA) is 94.0 Å². The van der Waals surface area contributed by atoms with Crippen molar-refractivity contribution in [3.63, 3.8) is 0 Å². The maximum absolute atomic E-state index is 12.1. The fourth-order valence-electron chi connectivity index (χ4n) is 3.31. The molecule has 1 heterocycles. The quantitative estimate of drug-likeness (QED) is 0.256. The highest BCUT2D eigenvalue weighted by Crippen LogP contribution is 2.38. The first-order valence-electron chi connectivity index (χ1n) is 11.8. The van der Waals surface area contributed by atoms with Crippen LogP contribution in [0.5, 0.6) is 0 Å². The number of nitrogens with zero attached hydrogens (tertiary/aromatic N) is 1. The van der Waals surface area contributed by atoms with Gasteiger partial charge in [0.15, 0.2) is 5.17 Å². The van der Waals surface area contributed by atoms with Crippen LogP contribution in [0.2, 0.25) is 0 Å². The average Bonchev–Trinajstić information content (AvgIpc) is 3.44. The van der Waals surface area contributed by atoms with Crippen molar-refractivity contribution < 1.29 is 4.79 Å². The molecule has 5 nitrogen and oxygen atoms in total. The molecule has 0 saturated heterocycles. The number of hydrogen-bond donors (Lipinski definition) is 3. The SMILES string of the molecule is CC.CCN(C)C(=O)c1ccc(-c2cc3c(s2)CC(C)C3)cc1.N=CSC(=N)N.c1ccccc1. The highest BCUT2D eigenvalue weighted by Gasteiger charge is 2.21. The van der Waals surface area contributed by atoms with Gasteiger partial charge in [-0.25, -0.2) is 0 Å². The first kappa shape index (κ1) is 30.1. The van der Waals surface area contributed by atoms with E-state index in [-0.39, 0.29) is 11.1 Å². The fraction of sp³-hybridized carbons (Fsp3) is 0.321. The minimum absolute atomic E-state index is 0.0370. The molecule has 1 unspecified atom stereocenters. The van der Waals surface area contributed by atoms with Crippen LogP contribution in [0.15, 0.2) is 66.7 Å². The lowest BCUT2D eigenvalue weighted by Gasteiger charge is -2.14. The molecule has 0 radical (unpaired) electrons. The minimum Gasteiger partial charge on any atom is -0.378 e. The molecule has 35 heavy (non-hydrogen) atoms. The number of hydrogen-bond acceptors (Lipinski definition) is 5. The molecule has 1 atom stereocenters. The molecule has 0 bridgehead atoms. The Bertz CT molecular complexity index is 983. The second-order valence-electron chi connectivity index (χ2n) is 7.72. The molecule has 0 spiro atoms. The molecule has 7 heteroatoms. The standard InChI is InChI=1S/C18H21NOS.C6H6.C2H5N3S.C2H6/c1-4-19(3)18(20)14-7-5-13(6-8-14)17-11-15-9-12(2)10-16(15)21-17;1-2-4-6-5-3-1;3-1-6-2(4)5;1-2/h5-8,11-12H,4,9-10H2,1-3H3;1-6H;1,3H,(H3,4,5);1-2H3. The maximum atomic E-state index is 12.1. The summed E-state index contributed by atoms with van der Waals surface area (Å²) >= 11 is 2.80. The summed E-state index contributed by atoms with van der Waals surface area (Å²) < 4.78 is 0. The Morgan fingerprint density at radius 2 is 1.66 bits per heavy atom. The van der Waals surface area contributed by atoms with Gasteiger partial charge in [0.05, 0.1) is 5.55 Å². The van der Waals surface area contributed by atoms with E-state index in [1.54, 1.807) is 9.78 Å². The predicted octanol–water partition coefficient (Wildman–Crippen LogP) is 7.17. The van der Waals surface area contributed by atoms with E-state index in [4.69, 9.17) is 16.6 Å². The Labute approximate surface area is 218 Å². The van der Waals surface area contributed by atoms with Gasteiger partial charge in [-0.1, -0.05) is 69.3 Å². The largest absolute Gasteiger partial charge is 0.378 e. The van der Waals surface area contributed by atoms with E-state index in [0.29, 0.717) is 0 Å². The molecule has 0 aliphatic heterocycles. The molecule has 2 aromatic carbocycles. The number of amidine groups is 1.